The molecular weight excluding hydrogens is 338 g/mol. The fourth-order valence-corrected chi connectivity index (χ4v) is 2.06. The summed E-state index contributed by atoms with van der Waals surface area (Å²) < 4.78 is 22.3. The van der Waals surface area contributed by atoms with Crippen molar-refractivity contribution in [1.29, 1.82) is 0 Å². The van der Waals surface area contributed by atoms with Gasteiger partial charge in [-0.1, -0.05) is 15.9 Å². The molecule has 6 heteroatoms. The Labute approximate surface area is 134 Å². The molecule has 1 atom stereocenters. The van der Waals surface area contributed by atoms with E-state index in [-0.39, 0.29) is 6.04 Å². The van der Waals surface area contributed by atoms with Crippen LogP contribution in [0.25, 0.3) is 0 Å². The minimum absolute atomic E-state index is 0.0763. The third-order valence-electron chi connectivity index (χ3n) is 2.75. The highest BCUT2D eigenvalue weighted by atomic mass is 79.9. The average molecular weight is 362 g/mol. The Balaban J connectivity index is 2.18. The van der Waals surface area contributed by atoms with Crippen LogP contribution in [-0.4, -0.2) is 46.8 Å². The van der Waals surface area contributed by atoms with Crippen LogP contribution >= 0.6 is 15.9 Å². The highest BCUT2D eigenvalue weighted by molar-refractivity contribution is 9.10. The lowest BCUT2D eigenvalue weighted by molar-refractivity contribution is 0.0179. The van der Waals surface area contributed by atoms with Gasteiger partial charge in [-0.2, -0.15) is 0 Å². The topological polar surface area (TPSA) is 62.9 Å². The lowest BCUT2D eigenvalue weighted by Crippen LogP contribution is -2.14. The summed E-state index contributed by atoms with van der Waals surface area (Å²) in [7, 11) is 1.65. The molecule has 0 fully saturated rings. The Morgan fingerprint density at radius 1 is 1.05 bits per heavy atom. The fraction of sp³-hybridized carbons (Fsp3) is 0.600. The summed E-state index contributed by atoms with van der Waals surface area (Å²) in [6, 6.07) is 5.75. The summed E-state index contributed by atoms with van der Waals surface area (Å²) in [5.74, 6) is 0.799. The first-order chi connectivity index (χ1) is 10.1. The predicted molar refractivity (Wildman–Crippen MR) is 85.8 cm³/mol. The van der Waals surface area contributed by atoms with Gasteiger partial charge in [-0.15, -0.1) is 0 Å². The molecule has 21 heavy (non-hydrogen) atoms. The van der Waals surface area contributed by atoms with Crippen molar-refractivity contribution in [3.63, 3.8) is 0 Å². The van der Waals surface area contributed by atoms with Crippen LogP contribution in [0.15, 0.2) is 22.7 Å². The standard InChI is InChI=1S/C15H24BrNO4/c1-12(17)14-11-13(16)3-4-15(14)21-10-9-20-8-7-19-6-5-18-2/h3-4,11-12H,5-10,17H2,1-2H3. The van der Waals surface area contributed by atoms with Gasteiger partial charge in [-0.05, 0) is 25.1 Å². The van der Waals surface area contributed by atoms with Gasteiger partial charge in [0, 0.05) is 23.2 Å². The quantitative estimate of drug-likeness (QED) is 0.613. The molecule has 2 N–H and O–H groups in total. The predicted octanol–water partition coefficient (Wildman–Crippen LogP) is 2.53. The van der Waals surface area contributed by atoms with Gasteiger partial charge in [-0.3, -0.25) is 0 Å². The van der Waals surface area contributed by atoms with E-state index in [4.69, 9.17) is 24.7 Å². The molecule has 1 aromatic rings. The Morgan fingerprint density at radius 2 is 1.67 bits per heavy atom. The summed E-state index contributed by atoms with van der Waals surface area (Å²) in [5.41, 5.74) is 6.91. The summed E-state index contributed by atoms with van der Waals surface area (Å²) in [4.78, 5) is 0. The van der Waals surface area contributed by atoms with Gasteiger partial charge >= 0.3 is 0 Å². The van der Waals surface area contributed by atoms with E-state index in [9.17, 15) is 0 Å². The number of hydrogen-bond acceptors (Lipinski definition) is 5. The Morgan fingerprint density at radius 3 is 2.29 bits per heavy atom. The number of benzene rings is 1. The number of rotatable bonds is 11. The maximum Gasteiger partial charge on any atom is 0.124 e. The lowest BCUT2D eigenvalue weighted by atomic mass is 10.1. The van der Waals surface area contributed by atoms with Crippen molar-refractivity contribution < 1.29 is 18.9 Å². The van der Waals surface area contributed by atoms with Gasteiger partial charge in [0.1, 0.15) is 12.4 Å². The second-order valence-corrected chi connectivity index (χ2v) is 5.45. The van der Waals surface area contributed by atoms with Crippen molar-refractivity contribution in [2.24, 2.45) is 5.73 Å². The van der Waals surface area contributed by atoms with E-state index in [1.807, 2.05) is 25.1 Å². The van der Waals surface area contributed by atoms with Gasteiger partial charge in [0.2, 0.25) is 0 Å². The minimum Gasteiger partial charge on any atom is -0.491 e. The number of hydrogen-bond donors (Lipinski definition) is 1. The molecule has 0 heterocycles. The van der Waals surface area contributed by atoms with E-state index in [0.717, 1.165) is 15.8 Å². The molecule has 0 bridgehead atoms. The van der Waals surface area contributed by atoms with Gasteiger partial charge in [0.15, 0.2) is 0 Å². The number of ether oxygens (including phenoxy) is 4. The summed E-state index contributed by atoms with van der Waals surface area (Å²) in [6.07, 6.45) is 0. The summed E-state index contributed by atoms with van der Waals surface area (Å²) in [6.45, 7) is 5.24. The molecule has 0 aromatic heterocycles. The van der Waals surface area contributed by atoms with Crippen LogP contribution in [0.4, 0.5) is 0 Å². The third kappa shape index (κ3) is 7.78. The minimum atomic E-state index is -0.0763. The van der Waals surface area contributed by atoms with Crippen LogP contribution in [0.3, 0.4) is 0 Å². The number of nitrogens with two attached hydrogens (primary N) is 1. The molecule has 5 nitrogen and oxygen atoms in total. The van der Waals surface area contributed by atoms with E-state index in [0.29, 0.717) is 39.6 Å². The summed E-state index contributed by atoms with van der Waals surface area (Å²) in [5, 5.41) is 0. The van der Waals surface area contributed by atoms with Crippen molar-refractivity contribution >= 4 is 15.9 Å². The third-order valence-corrected chi connectivity index (χ3v) is 3.24. The molecule has 0 aliphatic carbocycles. The van der Waals surface area contributed by atoms with Gasteiger partial charge < -0.3 is 24.7 Å². The first-order valence-electron chi connectivity index (χ1n) is 6.97. The number of halogens is 1. The molecular formula is C15H24BrNO4. The molecule has 0 aliphatic heterocycles. The molecule has 0 radical (unpaired) electrons. The summed E-state index contributed by atoms with van der Waals surface area (Å²) >= 11 is 3.43. The molecule has 0 spiro atoms. The monoisotopic (exact) mass is 361 g/mol. The van der Waals surface area contributed by atoms with E-state index < -0.39 is 0 Å². The molecule has 1 aromatic carbocycles. The van der Waals surface area contributed by atoms with Gasteiger partial charge in [-0.25, -0.2) is 0 Å². The van der Waals surface area contributed by atoms with Crippen molar-refractivity contribution in [2.45, 2.75) is 13.0 Å². The second kappa shape index (κ2) is 11.0. The van der Waals surface area contributed by atoms with Crippen LogP contribution in [-0.2, 0) is 14.2 Å². The fourth-order valence-electron chi connectivity index (χ4n) is 1.68. The highest BCUT2D eigenvalue weighted by Gasteiger charge is 2.08. The first kappa shape index (κ1) is 18.4. The molecule has 0 amide bonds. The molecule has 0 aliphatic rings. The molecule has 0 saturated carbocycles. The maximum atomic E-state index is 5.93. The Kier molecular flexibility index (Phi) is 9.62. The maximum absolute atomic E-state index is 5.93. The van der Waals surface area contributed by atoms with Crippen molar-refractivity contribution in [2.75, 3.05) is 46.8 Å². The van der Waals surface area contributed by atoms with E-state index in [2.05, 4.69) is 15.9 Å². The van der Waals surface area contributed by atoms with Crippen LogP contribution in [0.1, 0.15) is 18.5 Å². The second-order valence-electron chi connectivity index (χ2n) is 4.54. The zero-order valence-corrected chi connectivity index (χ0v) is 14.2. The molecule has 0 saturated heterocycles. The molecule has 1 unspecified atom stereocenters. The van der Waals surface area contributed by atoms with Crippen molar-refractivity contribution in [3.05, 3.63) is 28.2 Å². The van der Waals surface area contributed by atoms with Crippen LogP contribution in [0.5, 0.6) is 5.75 Å². The van der Waals surface area contributed by atoms with Crippen LogP contribution in [0.2, 0.25) is 0 Å². The smallest absolute Gasteiger partial charge is 0.124 e. The number of methoxy groups -OCH3 is 1. The van der Waals surface area contributed by atoms with Crippen LogP contribution < -0.4 is 10.5 Å². The highest BCUT2D eigenvalue weighted by Crippen LogP contribution is 2.27. The molecule has 1 rings (SSSR count). The Bertz CT molecular complexity index is 401. The van der Waals surface area contributed by atoms with Crippen LogP contribution in [0, 0.1) is 0 Å². The Hall–Kier alpha value is -0.660. The van der Waals surface area contributed by atoms with Crippen molar-refractivity contribution in [1.82, 2.24) is 0 Å². The van der Waals surface area contributed by atoms with Gasteiger partial charge in [0.05, 0.1) is 33.0 Å². The zero-order valence-electron chi connectivity index (χ0n) is 12.6. The normalized spacial score (nSPS) is 12.4. The molecule has 120 valence electrons. The van der Waals surface area contributed by atoms with Crippen molar-refractivity contribution in [3.8, 4) is 5.75 Å². The van der Waals surface area contributed by atoms with E-state index in [1.165, 1.54) is 0 Å². The van der Waals surface area contributed by atoms with E-state index >= 15 is 0 Å². The zero-order chi connectivity index (χ0) is 15.5. The largest absolute Gasteiger partial charge is 0.491 e. The lowest BCUT2D eigenvalue weighted by Gasteiger charge is -2.14. The van der Waals surface area contributed by atoms with E-state index in [1.54, 1.807) is 7.11 Å². The SMILES string of the molecule is COCCOCCOCCOc1ccc(Br)cc1C(C)N. The van der Waals surface area contributed by atoms with Gasteiger partial charge in [0.25, 0.3) is 0 Å². The average Bonchev–Trinajstić information content (AvgIpc) is 2.46. The first-order valence-corrected chi connectivity index (χ1v) is 7.76.